The van der Waals surface area contributed by atoms with Crippen LogP contribution in [-0.2, 0) is 16.5 Å². The first-order chi connectivity index (χ1) is 7.55. The molecule has 1 aromatic carbocycles. The molecule has 1 aliphatic carbocycles. The van der Waals surface area contributed by atoms with Crippen LogP contribution in [0.25, 0.3) is 0 Å². The lowest BCUT2D eigenvalue weighted by atomic mass is 9.98. The summed E-state index contributed by atoms with van der Waals surface area (Å²) >= 11 is 0. The van der Waals surface area contributed by atoms with Crippen LogP contribution in [0.4, 0.5) is 0 Å². The van der Waals surface area contributed by atoms with Gasteiger partial charge in [0.05, 0.1) is 4.90 Å². The Morgan fingerprint density at radius 3 is 2.19 bits per heavy atom. The van der Waals surface area contributed by atoms with Crippen molar-refractivity contribution in [3.05, 3.63) is 29.8 Å². The Balaban J connectivity index is 2.07. The molecule has 0 unspecified atom stereocenters. The highest BCUT2D eigenvalue weighted by atomic mass is 32.2. The highest BCUT2D eigenvalue weighted by molar-refractivity contribution is 7.85. The fourth-order valence-electron chi connectivity index (χ4n) is 2.35. The van der Waals surface area contributed by atoms with Crippen LogP contribution in [0.15, 0.2) is 29.2 Å². The maximum Gasteiger partial charge on any atom is 0.294 e. The molecule has 0 aromatic heterocycles. The number of hydrogen-bond acceptors (Lipinski definition) is 2. The van der Waals surface area contributed by atoms with E-state index in [4.69, 9.17) is 4.55 Å². The lowest BCUT2D eigenvalue weighted by molar-refractivity contribution is 0.483. The van der Waals surface area contributed by atoms with E-state index in [0.717, 1.165) is 17.9 Å². The fraction of sp³-hybridized carbons (Fsp3) is 0.500. The Hall–Kier alpha value is -0.870. The molecule has 0 amide bonds. The minimum Gasteiger partial charge on any atom is -0.282 e. The molecule has 1 aliphatic rings. The predicted molar refractivity (Wildman–Crippen MR) is 61.9 cm³/mol. The van der Waals surface area contributed by atoms with Gasteiger partial charge in [-0.3, -0.25) is 4.55 Å². The zero-order valence-corrected chi connectivity index (χ0v) is 9.91. The van der Waals surface area contributed by atoms with Gasteiger partial charge in [-0.2, -0.15) is 8.42 Å². The van der Waals surface area contributed by atoms with Crippen molar-refractivity contribution in [1.29, 1.82) is 0 Å². The number of hydrogen-bond donors (Lipinski definition) is 1. The summed E-state index contributed by atoms with van der Waals surface area (Å²) in [7, 11) is -4.05. The van der Waals surface area contributed by atoms with E-state index in [-0.39, 0.29) is 4.90 Å². The van der Waals surface area contributed by atoms with Crippen LogP contribution in [0.1, 0.15) is 31.2 Å². The van der Waals surface area contributed by atoms with E-state index in [9.17, 15) is 8.42 Å². The average molecular weight is 240 g/mol. The molecular formula is C12H16O3S. The summed E-state index contributed by atoms with van der Waals surface area (Å²) in [6, 6.07) is 6.53. The zero-order valence-electron chi connectivity index (χ0n) is 9.09. The third-order valence-electron chi connectivity index (χ3n) is 3.22. The van der Waals surface area contributed by atoms with E-state index in [1.807, 2.05) is 0 Å². The van der Waals surface area contributed by atoms with Crippen LogP contribution in [0.2, 0.25) is 0 Å². The van der Waals surface area contributed by atoms with E-state index in [1.54, 1.807) is 12.1 Å². The smallest absolute Gasteiger partial charge is 0.282 e. The Morgan fingerprint density at radius 2 is 1.69 bits per heavy atom. The lowest BCUT2D eigenvalue weighted by Crippen LogP contribution is -2.01. The fourth-order valence-corrected chi connectivity index (χ4v) is 2.83. The Labute approximate surface area is 96.2 Å². The third kappa shape index (κ3) is 2.83. The minimum absolute atomic E-state index is 0.0253. The minimum atomic E-state index is -4.05. The first-order valence-electron chi connectivity index (χ1n) is 5.62. The molecular weight excluding hydrogens is 224 g/mol. The molecule has 0 spiro atoms. The molecule has 0 aliphatic heterocycles. The molecule has 1 saturated carbocycles. The average Bonchev–Trinajstić information content (AvgIpc) is 2.70. The van der Waals surface area contributed by atoms with Gasteiger partial charge in [0.2, 0.25) is 0 Å². The van der Waals surface area contributed by atoms with Crippen LogP contribution in [0.5, 0.6) is 0 Å². The number of rotatable bonds is 3. The highest BCUT2D eigenvalue weighted by Gasteiger charge is 2.15. The molecule has 1 N–H and O–H groups in total. The Bertz CT molecular complexity index is 442. The van der Waals surface area contributed by atoms with Gasteiger partial charge in [-0.1, -0.05) is 37.8 Å². The Kier molecular flexibility index (Phi) is 3.30. The van der Waals surface area contributed by atoms with Gasteiger partial charge in [0.15, 0.2) is 0 Å². The molecule has 16 heavy (non-hydrogen) atoms. The second kappa shape index (κ2) is 4.55. The molecule has 0 saturated heterocycles. The summed E-state index contributed by atoms with van der Waals surface area (Å²) in [6.45, 7) is 0. The molecule has 0 bridgehead atoms. The summed E-state index contributed by atoms with van der Waals surface area (Å²) in [5.41, 5.74) is 1.15. The van der Waals surface area contributed by atoms with E-state index in [1.165, 1.54) is 37.8 Å². The van der Waals surface area contributed by atoms with Crippen LogP contribution in [0.3, 0.4) is 0 Å². The van der Waals surface area contributed by atoms with Gasteiger partial charge < -0.3 is 0 Å². The second-order valence-electron chi connectivity index (χ2n) is 4.47. The third-order valence-corrected chi connectivity index (χ3v) is 4.09. The van der Waals surface area contributed by atoms with Gasteiger partial charge in [-0.15, -0.1) is 0 Å². The van der Waals surface area contributed by atoms with Crippen LogP contribution < -0.4 is 0 Å². The molecule has 1 fully saturated rings. The molecule has 0 heterocycles. The number of benzene rings is 1. The van der Waals surface area contributed by atoms with Crippen molar-refractivity contribution in [1.82, 2.24) is 0 Å². The zero-order chi connectivity index (χ0) is 11.6. The van der Waals surface area contributed by atoms with Crippen LogP contribution in [0, 0.1) is 5.92 Å². The quantitative estimate of drug-likeness (QED) is 0.826. The topological polar surface area (TPSA) is 54.4 Å². The molecule has 3 nitrogen and oxygen atoms in total. The van der Waals surface area contributed by atoms with Gasteiger partial charge in [-0.25, -0.2) is 0 Å². The summed E-state index contributed by atoms with van der Waals surface area (Å²) in [5.74, 6) is 0.747. The first-order valence-corrected chi connectivity index (χ1v) is 7.06. The van der Waals surface area contributed by atoms with Crippen molar-refractivity contribution in [3.8, 4) is 0 Å². The summed E-state index contributed by atoms with van der Waals surface area (Å²) in [6.07, 6.45) is 6.20. The summed E-state index contributed by atoms with van der Waals surface area (Å²) in [5, 5.41) is 0. The van der Waals surface area contributed by atoms with Gasteiger partial charge in [0, 0.05) is 0 Å². The van der Waals surface area contributed by atoms with Crippen molar-refractivity contribution < 1.29 is 13.0 Å². The summed E-state index contributed by atoms with van der Waals surface area (Å²) in [4.78, 5) is -0.0253. The maximum atomic E-state index is 10.8. The van der Waals surface area contributed by atoms with E-state index >= 15 is 0 Å². The standard InChI is InChI=1S/C12H16O3S/c13-16(14,15)12-7-5-11(6-8-12)9-10-3-1-2-4-10/h5-8,10H,1-4,9H2,(H,13,14,15). The van der Waals surface area contributed by atoms with E-state index < -0.39 is 10.1 Å². The second-order valence-corrected chi connectivity index (χ2v) is 5.90. The van der Waals surface area contributed by atoms with Gasteiger partial charge >= 0.3 is 0 Å². The maximum absolute atomic E-state index is 10.8. The van der Waals surface area contributed by atoms with Gasteiger partial charge in [-0.05, 0) is 30.0 Å². The van der Waals surface area contributed by atoms with E-state index in [2.05, 4.69) is 0 Å². The monoisotopic (exact) mass is 240 g/mol. The van der Waals surface area contributed by atoms with Crippen molar-refractivity contribution in [2.75, 3.05) is 0 Å². The van der Waals surface area contributed by atoms with Crippen molar-refractivity contribution in [2.45, 2.75) is 37.0 Å². The molecule has 1 aromatic rings. The molecule has 88 valence electrons. The molecule has 0 atom stereocenters. The van der Waals surface area contributed by atoms with E-state index in [0.29, 0.717) is 0 Å². The SMILES string of the molecule is O=S(=O)(O)c1ccc(CC2CCCC2)cc1. The van der Waals surface area contributed by atoms with Crippen molar-refractivity contribution >= 4 is 10.1 Å². The predicted octanol–water partition coefficient (Wildman–Crippen LogP) is 2.67. The highest BCUT2D eigenvalue weighted by Crippen LogP contribution is 2.28. The lowest BCUT2D eigenvalue weighted by Gasteiger charge is -2.08. The Morgan fingerprint density at radius 1 is 1.12 bits per heavy atom. The van der Waals surface area contributed by atoms with Crippen LogP contribution >= 0.6 is 0 Å². The largest absolute Gasteiger partial charge is 0.294 e. The molecule has 0 radical (unpaired) electrons. The summed E-state index contributed by atoms with van der Waals surface area (Å²) < 4.78 is 30.5. The normalized spacial score (nSPS) is 17.8. The van der Waals surface area contributed by atoms with Crippen LogP contribution in [-0.4, -0.2) is 13.0 Å². The van der Waals surface area contributed by atoms with Gasteiger partial charge in [0.25, 0.3) is 10.1 Å². The van der Waals surface area contributed by atoms with Crippen molar-refractivity contribution in [3.63, 3.8) is 0 Å². The first kappa shape index (κ1) is 11.6. The molecule has 4 heteroatoms. The van der Waals surface area contributed by atoms with Gasteiger partial charge in [0.1, 0.15) is 0 Å². The van der Waals surface area contributed by atoms with Crippen molar-refractivity contribution in [2.24, 2.45) is 5.92 Å². The molecule has 2 rings (SSSR count).